The van der Waals surface area contributed by atoms with Gasteiger partial charge in [-0.15, -0.1) is 5.48 Å². The first kappa shape index (κ1) is 30.0. The highest BCUT2D eigenvalue weighted by Gasteiger charge is 2.15. The van der Waals surface area contributed by atoms with E-state index in [4.69, 9.17) is 30.9 Å². The monoisotopic (exact) mass is 576 g/mol. The van der Waals surface area contributed by atoms with Crippen LogP contribution in [-0.4, -0.2) is 34.3 Å². The molecule has 0 fully saturated rings. The fraction of sp³-hybridized carbons (Fsp3) is 0.312. The second kappa shape index (κ2) is 13.6. The molecule has 0 atom stereocenters. The van der Waals surface area contributed by atoms with Crippen molar-refractivity contribution in [2.45, 2.75) is 46.6 Å². The second-order valence-electron chi connectivity index (χ2n) is 11.1. The molecule has 8 nitrogen and oxygen atoms in total. The fourth-order valence-corrected chi connectivity index (χ4v) is 4.11. The van der Waals surface area contributed by atoms with E-state index in [1.54, 1.807) is 12.1 Å². The molecule has 0 aliphatic carbocycles. The molecular formula is C32H37ClN4O4. The van der Waals surface area contributed by atoms with E-state index in [-0.39, 0.29) is 5.54 Å². The number of nitrogens with one attached hydrogen (secondary N) is 2. The Kier molecular flexibility index (Phi) is 9.91. The van der Waals surface area contributed by atoms with E-state index in [0.29, 0.717) is 29.8 Å². The Morgan fingerprint density at radius 1 is 0.927 bits per heavy atom. The van der Waals surface area contributed by atoms with E-state index in [1.165, 1.54) is 0 Å². The van der Waals surface area contributed by atoms with Crippen LogP contribution in [0.3, 0.4) is 0 Å². The Morgan fingerprint density at radius 3 is 2.15 bits per heavy atom. The zero-order chi connectivity index (χ0) is 29.4. The van der Waals surface area contributed by atoms with Gasteiger partial charge in [0.25, 0.3) is 0 Å². The minimum absolute atomic E-state index is 0.340. The van der Waals surface area contributed by atoms with Crippen LogP contribution in [0.2, 0.25) is 5.02 Å². The number of amides is 1. The van der Waals surface area contributed by atoms with Crippen molar-refractivity contribution < 1.29 is 19.1 Å². The van der Waals surface area contributed by atoms with Crippen molar-refractivity contribution in [3.8, 4) is 34.2 Å². The van der Waals surface area contributed by atoms with Crippen LogP contribution in [0.25, 0.3) is 16.9 Å². The van der Waals surface area contributed by atoms with Crippen molar-refractivity contribution in [1.82, 2.24) is 20.3 Å². The second-order valence-corrected chi connectivity index (χ2v) is 11.5. The highest BCUT2D eigenvalue weighted by molar-refractivity contribution is 6.30. The van der Waals surface area contributed by atoms with Gasteiger partial charge >= 0.3 is 6.09 Å². The molecule has 41 heavy (non-hydrogen) atoms. The third-order valence-electron chi connectivity index (χ3n) is 5.80. The number of rotatable bonds is 11. The summed E-state index contributed by atoms with van der Waals surface area (Å²) in [5.41, 5.74) is 5.13. The number of carbonyl (C=O) groups is 1. The number of hydrogen-bond donors (Lipinski definition) is 2. The van der Waals surface area contributed by atoms with Crippen LogP contribution in [0.5, 0.6) is 17.2 Å². The Morgan fingerprint density at radius 2 is 1.54 bits per heavy atom. The quantitative estimate of drug-likeness (QED) is 0.141. The lowest BCUT2D eigenvalue weighted by Crippen LogP contribution is -2.43. The number of hydroxylamine groups is 1. The molecule has 3 aromatic carbocycles. The number of nitrogens with zero attached hydrogens (tertiary/aromatic N) is 2. The molecule has 0 saturated heterocycles. The van der Waals surface area contributed by atoms with Crippen LogP contribution >= 0.6 is 11.6 Å². The van der Waals surface area contributed by atoms with Crippen molar-refractivity contribution in [1.29, 1.82) is 0 Å². The average Bonchev–Trinajstić information content (AvgIpc) is 3.32. The van der Waals surface area contributed by atoms with Crippen LogP contribution in [0, 0.1) is 5.92 Å². The maximum absolute atomic E-state index is 11.7. The zero-order valence-corrected chi connectivity index (χ0v) is 24.9. The number of ether oxygens (including phenoxy) is 2. The highest BCUT2D eigenvalue weighted by Crippen LogP contribution is 2.28. The fourth-order valence-electron chi connectivity index (χ4n) is 3.98. The molecule has 1 aromatic heterocycles. The van der Waals surface area contributed by atoms with Crippen LogP contribution in [0.4, 0.5) is 4.79 Å². The van der Waals surface area contributed by atoms with Gasteiger partial charge in [-0.2, -0.15) is 0 Å². The number of benzene rings is 3. The standard InChI is InChI=1S/C32H37ClN4O4/c1-22(2)20-30-35-29(21-37(30)25-10-16-28(17-11-25)40-27-14-8-24(33)9-15-27)23-6-12-26(13-7-23)39-19-18-34-41-31(38)36-32(3,4)5/h6-17,21-22,34H,18-20H2,1-5H3,(H,36,38). The van der Waals surface area contributed by atoms with Crippen molar-refractivity contribution in [3.05, 3.63) is 89.8 Å². The van der Waals surface area contributed by atoms with Crippen LogP contribution in [-0.2, 0) is 11.3 Å². The SMILES string of the molecule is CC(C)Cc1nc(-c2ccc(OCCNOC(=O)NC(C)(C)C)cc2)cn1-c1ccc(Oc2ccc(Cl)cc2)cc1. The van der Waals surface area contributed by atoms with Gasteiger partial charge in [0.1, 0.15) is 29.7 Å². The lowest BCUT2D eigenvalue weighted by molar-refractivity contribution is 0.0767. The first-order valence-electron chi connectivity index (χ1n) is 13.6. The van der Waals surface area contributed by atoms with Gasteiger partial charge in [0.2, 0.25) is 0 Å². The van der Waals surface area contributed by atoms with Gasteiger partial charge in [-0.25, -0.2) is 9.78 Å². The van der Waals surface area contributed by atoms with E-state index in [9.17, 15) is 4.79 Å². The minimum Gasteiger partial charge on any atom is -0.492 e. The molecule has 9 heteroatoms. The summed E-state index contributed by atoms with van der Waals surface area (Å²) in [6.45, 7) is 10.7. The largest absolute Gasteiger partial charge is 0.492 e. The molecule has 1 heterocycles. The highest BCUT2D eigenvalue weighted by atomic mass is 35.5. The maximum atomic E-state index is 11.7. The molecular weight excluding hydrogens is 540 g/mol. The van der Waals surface area contributed by atoms with Crippen molar-refractivity contribution in [3.63, 3.8) is 0 Å². The Hall–Kier alpha value is -4.01. The predicted octanol–water partition coefficient (Wildman–Crippen LogP) is 7.59. The van der Waals surface area contributed by atoms with Gasteiger partial charge in [0, 0.05) is 34.4 Å². The van der Waals surface area contributed by atoms with Gasteiger partial charge in [0.15, 0.2) is 0 Å². The van der Waals surface area contributed by atoms with E-state index < -0.39 is 6.09 Å². The van der Waals surface area contributed by atoms with Crippen molar-refractivity contribution >= 4 is 17.7 Å². The lowest BCUT2D eigenvalue weighted by atomic mass is 10.1. The molecule has 4 rings (SSSR count). The Bertz CT molecular complexity index is 1410. The first-order chi connectivity index (χ1) is 19.6. The summed E-state index contributed by atoms with van der Waals surface area (Å²) in [5.74, 6) is 3.63. The zero-order valence-electron chi connectivity index (χ0n) is 24.1. The van der Waals surface area contributed by atoms with Gasteiger partial charge in [-0.1, -0.05) is 25.4 Å². The lowest BCUT2D eigenvalue weighted by Gasteiger charge is -2.19. The predicted molar refractivity (Wildman–Crippen MR) is 162 cm³/mol. The Labute approximate surface area is 246 Å². The number of aromatic nitrogens is 2. The van der Waals surface area contributed by atoms with E-state index in [2.05, 4.69) is 35.4 Å². The van der Waals surface area contributed by atoms with Crippen molar-refractivity contribution in [2.75, 3.05) is 13.2 Å². The number of halogens is 1. The van der Waals surface area contributed by atoms with Gasteiger partial charge in [-0.05, 0) is 99.5 Å². The summed E-state index contributed by atoms with van der Waals surface area (Å²) in [7, 11) is 0. The molecule has 0 aliphatic rings. The number of carbonyl (C=O) groups excluding carboxylic acids is 1. The van der Waals surface area contributed by atoms with E-state index in [0.717, 1.165) is 40.7 Å². The van der Waals surface area contributed by atoms with Gasteiger partial charge in [0.05, 0.1) is 12.2 Å². The summed E-state index contributed by atoms with van der Waals surface area (Å²) in [4.78, 5) is 21.6. The topological polar surface area (TPSA) is 86.6 Å². The van der Waals surface area contributed by atoms with Crippen LogP contribution in [0.1, 0.15) is 40.4 Å². The summed E-state index contributed by atoms with van der Waals surface area (Å²) < 4.78 is 13.9. The molecule has 0 unspecified atom stereocenters. The van der Waals surface area contributed by atoms with Crippen LogP contribution < -0.4 is 20.3 Å². The normalized spacial score (nSPS) is 11.4. The molecule has 0 bridgehead atoms. The molecule has 0 spiro atoms. The molecule has 216 valence electrons. The smallest absolute Gasteiger partial charge is 0.426 e. The summed E-state index contributed by atoms with van der Waals surface area (Å²) in [5, 5.41) is 3.38. The first-order valence-corrected chi connectivity index (χ1v) is 14.0. The molecule has 2 N–H and O–H groups in total. The molecule has 0 saturated carbocycles. The summed E-state index contributed by atoms with van der Waals surface area (Å²) in [6, 6.07) is 23.1. The average molecular weight is 577 g/mol. The molecule has 0 radical (unpaired) electrons. The molecule has 0 aliphatic heterocycles. The number of hydrogen-bond acceptors (Lipinski definition) is 6. The minimum atomic E-state index is -0.527. The van der Waals surface area contributed by atoms with E-state index >= 15 is 0 Å². The van der Waals surface area contributed by atoms with Gasteiger partial charge < -0.3 is 24.2 Å². The van der Waals surface area contributed by atoms with Crippen molar-refractivity contribution in [2.24, 2.45) is 5.92 Å². The molecule has 1 amide bonds. The summed E-state index contributed by atoms with van der Waals surface area (Å²) >= 11 is 5.97. The van der Waals surface area contributed by atoms with Gasteiger partial charge in [-0.3, -0.25) is 0 Å². The van der Waals surface area contributed by atoms with E-state index in [1.807, 2.05) is 81.4 Å². The number of imidazole rings is 1. The Balaban J connectivity index is 1.38. The summed E-state index contributed by atoms with van der Waals surface area (Å²) in [6.07, 6.45) is 2.37. The maximum Gasteiger partial charge on any atom is 0.426 e. The third kappa shape index (κ3) is 9.27. The van der Waals surface area contributed by atoms with Crippen LogP contribution in [0.15, 0.2) is 79.0 Å². The molecule has 4 aromatic rings. The third-order valence-corrected chi connectivity index (χ3v) is 6.05.